The number of piperidine rings is 1. The molecule has 0 aliphatic carbocycles. The Morgan fingerprint density at radius 1 is 1.03 bits per heavy atom. The number of carbonyl (C=O) groups is 2. The Balaban J connectivity index is 1.34. The molecule has 36 heavy (non-hydrogen) atoms. The van der Waals surface area contributed by atoms with Crippen LogP contribution < -0.4 is 5.32 Å². The molecule has 3 heterocycles. The zero-order valence-corrected chi connectivity index (χ0v) is 21.5. The smallest absolute Gasteiger partial charge is 0.287 e. The zero-order chi connectivity index (χ0) is 25.3. The summed E-state index contributed by atoms with van der Waals surface area (Å²) in [4.78, 5) is 30.0. The second-order valence-corrected chi connectivity index (χ2v) is 9.64. The number of furan rings is 1. The highest BCUT2D eigenvalue weighted by molar-refractivity contribution is 5.94. The van der Waals surface area contributed by atoms with Gasteiger partial charge in [0.2, 0.25) is 0 Å². The minimum atomic E-state index is -0.177. The molecule has 0 bridgehead atoms. The van der Waals surface area contributed by atoms with Gasteiger partial charge in [-0.2, -0.15) is 0 Å². The topological polar surface area (TPSA) is 70.7 Å². The molecule has 0 spiro atoms. The predicted octanol–water partition coefficient (Wildman–Crippen LogP) is 4.71. The van der Waals surface area contributed by atoms with Crippen molar-refractivity contribution in [2.24, 2.45) is 0 Å². The van der Waals surface area contributed by atoms with E-state index in [4.69, 9.17) is 4.42 Å². The number of nitrogens with one attached hydrogen (secondary N) is 1. The molecule has 7 heteroatoms. The van der Waals surface area contributed by atoms with E-state index in [0.717, 1.165) is 37.3 Å². The maximum absolute atomic E-state index is 13.2. The number of aryl methyl sites for hydroxylation is 1. The number of benzene rings is 1. The molecular formula is C29H38N4O3. The summed E-state index contributed by atoms with van der Waals surface area (Å²) in [6.07, 6.45) is 6.66. The molecule has 192 valence electrons. The minimum absolute atomic E-state index is 0.0334. The van der Waals surface area contributed by atoms with Crippen LogP contribution in [0.5, 0.6) is 0 Å². The van der Waals surface area contributed by atoms with Crippen LogP contribution >= 0.6 is 0 Å². The molecule has 2 aromatic heterocycles. The van der Waals surface area contributed by atoms with Crippen molar-refractivity contribution >= 4 is 11.8 Å². The van der Waals surface area contributed by atoms with Gasteiger partial charge in [-0.15, -0.1) is 0 Å². The Labute approximate surface area is 214 Å². The Morgan fingerprint density at radius 2 is 1.81 bits per heavy atom. The van der Waals surface area contributed by atoms with E-state index < -0.39 is 0 Å². The molecule has 1 aliphatic heterocycles. The summed E-state index contributed by atoms with van der Waals surface area (Å²) >= 11 is 0. The van der Waals surface area contributed by atoms with Crippen LogP contribution in [0.3, 0.4) is 0 Å². The molecule has 3 aromatic rings. The Hall–Kier alpha value is -3.32. The maximum atomic E-state index is 13.2. The number of likely N-dealkylation sites (tertiary alicyclic amines) is 1. The number of carbonyl (C=O) groups excluding carboxylic acids is 2. The van der Waals surface area contributed by atoms with Gasteiger partial charge in [-0.05, 0) is 75.7 Å². The highest BCUT2D eigenvalue weighted by Crippen LogP contribution is 2.16. The zero-order valence-electron chi connectivity index (χ0n) is 21.5. The van der Waals surface area contributed by atoms with E-state index in [9.17, 15) is 9.59 Å². The van der Waals surface area contributed by atoms with Crippen LogP contribution in [0.15, 0.2) is 59.1 Å². The summed E-state index contributed by atoms with van der Waals surface area (Å²) in [5.41, 5.74) is 2.86. The fraction of sp³-hybridized carbons (Fsp3) is 0.448. The third-order valence-electron chi connectivity index (χ3n) is 6.73. The molecular weight excluding hydrogens is 452 g/mol. The fourth-order valence-corrected chi connectivity index (χ4v) is 4.69. The van der Waals surface area contributed by atoms with Gasteiger partial charge in [0.1, 0.15) is 5.76 Å². The molecule has 1 aliphatic rings. The molecule has 7 nitrogen and oxygen atoms in total. The standard InChI is InChI=1S/C29H38N4O3/c1-3-16-33(29(35)24-11-9-23(2)10-12-24)21-25-8-7-19-32(25)22-26-13-14-27(36-26)28(34)30-15-20-31-17-5-4-6-18-31/h7-14,19H,3-6,15-18,20-22H2,1-2H3,(H,30,34). The lowest BCUT2D eigenvalue weighted by Gasteiger charge is -2.26. The van der Waals surface area contributed by atoms with Crippen molar-refractivity contribution in [3.63, 3.8) is 0 Å². The van der Waals surface area contributed by atoms with Gasteiger partial charge in [0.15, 0.2) is 5.76 Å². The highest BCUT2D eigenvalue weighted by atomic mass is 16.4. The Morgan fingerprint density at radius 3 is 2.56 bits per heavy atom. The van der Waals surface area contributed by atoms with Crippen molar-refractivity contribution in [3.05, 3.63) is 83.1 Å². The van der Waals surface area contributed by atoms with Crippen LogP contribution in [0.1, 0.15) is 70.5 Å². The van der Waals surface area contributed by atoms with Crippen LogP contribution in [-0.2, 0) is 13.1 Å². The number of nitrogens with zero attached hydrogens (tertiary/aromatic N) is 3. The highest BCUT2D eigenvalue weighted by Gasteiger charge is 2.18. The first-order valence-electron chi connectivity index (χ1n) is 13.1. The van der Waals surface area contributed by atoms with Crippen LogP contribution in [0.25, 0.3) is 0 Å². The average Bonchev–Trinajstić information content (AvgIpc) is 3.54. The van der Waals surface area contributed by atoms with E-state index in [1.165, 1.54) is 19.3 Å². The van der Waals surface area contributed by atoms with E-state index >= 15 is 0 Å². The van der Waals surface area contributed by atoms with Crippen molar-refractivity contribution < 1.29 is 14.0 Å². The van der Waals surface area contributed by atoms with E-state index in [0.29, 0.717) is 43.3 Å². The molecule has 1 fully saturated rings. The van der Waals surface area contributed by atoms with Gasteiger partial charge in [-0.25, -0.2) is 0 Å². The molecule has 1 aromatic carbocycles. The molecule has 0 saturated carbocycles. The molecule has 1 saturated heterocycles. The third kappa shape index (κ3) is 6.88. The van der Waals surface area contributed by atoms with Crippen molar-refractivity contribution in [2.45, 2.75) is 52.6 Å². The van der Waals surface area contributed by atoms with Crippen LogP contribution in [0.4, 0.5) is 0 Å². The summed E-state index contributed by atoms with van der Waals surface area (Å²) in [5, 5.41) is 2.98. The number of hydrogen-bond acceptors (Lipinski definition) is 4. The van der Waals surface area contributed by atoms with Crippen LogP contribution in [-0.4, -0.2) is 58.9 Å². The Kier molecular flexibility index (Phi) is 9.01. The van der Waals surface area contributed by atoms with Crippen LogP contribution in [0, 0.1) is 6.92 Å². The Bertz CT molecular complexity index is 1130. The summed E-state index contributed by atoms with van der Waals surface area (Å²) in [6.45, 7) is 9.53. The lowest BCUT2D eigenvalue weighted by atomic mass is 10.1. The summed E-state index contributed by atoms with van der Waals surface area (Å²) in [5.74, 6) is 0.898. The second-order valence-electron chi connectivity index (χ2n) is 9.64. The average molecular weight is 491 g/mol. The largest absolute Gasteiger partial charge is 0.454 e. The summed E-state index contributed by atoms with van der Waals surface area (Å²) < 4.78 is 7.94. The van der Waals surface area contributed by atoms with Gasteiger partial charge in [-0.1, -0.05) is 31.0 Å². The number of aromatic nitrogens is 1. The first-order valence-corrected chi connectivity index (χ1v) is 13.1. The molecule has 0 unspecified atom stereocenters. The van der Waals surface area contributed by atoms with Gasteiger partial charge < -0.3 is 24.1 Å². The monoisotopic (exact) mass is 490 g/mol. The van der Waals surface area contributed by atoms with E-state index in [1.807, 2.05) is 60.5 Å². The lowest BCUT2D eigenvalue weighted by molar-refractivity contribution is 0.0739. The van der Waals surface area contributed by atoms with Gasteiger partial charge >= 0.3 is 0 Å². The quantitative estimate of drug-likeness (QED) is 0.423. The molecule has 0 radical (unpaired) electrons. The van der Waals surface area contributed by atoms with Crippen molar-refractivity contribution in [3.8, 4) is 0 Å². The van der Waals surface area contributed by atoms with Crippen LogP contribution in [0.2, 0.25) is 0 Å². The maximum Gasteiger partial charge on any atom is 0.287 e. The van der Waals surface area contributed by atoms with E-state index in [2.05, 4.69) is 21.7 Å². The molecule has 0 atom stereocenters. The van der Waals surface area contributed by atoms with Crippen molar-refractivity contribution in [1.29, 1.82) is 0 Å². The van der Waals surface area contributed by atoms with Gasteiger partial charge in [-0.3, -0.25) is 9.59 Å². The fourth-order valence-electron chi connectivity index (χ4n) is 4.69. The molecule has 2 amide bonds. The van der Waals surface area contributed by atoms with E-state index in [-0.39, 0.29) is 11.8 Å². The predicted molar refractivity (Wildman–Crippen MR) is 141 cm³/mol. The van der Waals surface area contributed by atoms with E-state index in [1.54, 1.807) is 6.07 Å². The van der Waals surface area contributed by atoms with Gasteiger partial charge in [0, 0.05) is 37.1 Å². The first kappa shape index (κ1) is 25.8. The summed E-state index contributed by atoms with van der Waals surface area (Å²) in [6, 6.07) is 15.3. The lowest BCUT2D eigenvalue weighted by Crippen LogP contribution is -2.37. The SMILES string of the molecule is CCCN(Cc1cccn1Cc1ccc(C(=O)NCCN2CCCCC2)o1)C(=O)c1ccc(C)cc1. The normalized spacial score (nSPS) is 14.1. The van der Waals surface area contributed by atoms with Gasteiger partial charge in [0.05, 0.1) is 13.1 Å². The minimum Gasteiger partial charge on any atom is -0.454 e. The molecule has 1 N–H and O–H groups in total. The number of hydrogen-bond donors (Lipinski definition) is 1. The van der Waals surface area contributed by atoms with Gasteiger partial charge in [0.25, 0.3) is 11.8 Å². The summed E-state index contributed by atoms with van der Waals surface area (Å²) in [7, 11) is 0. The first-order chi connectivity index (χ1) is 17.5. The number of amides is 2. The number of rotatable bonds is 11. The second kappa shape index (κ2) is 12.6. The third-order valence-corrected chi connectivity index (χ3v) is 6.73. The van der Waals surface area contributed by atoms with Crippen molar-refractivity contribution in [2.75, 3.05) is 32.7 Å². The van der Waals surface area contributed by atoms with Crippen molar-refractivity contribution in [1.82, 2.24) is 19.7 Å². The molecule has 4 rings (SSSR count).